The summed E-state index contributed by atoms with van der Waals surface area (Å²) in [5.74, 6) is 0.566. The van der Waals surface area contributed by atoms with E-state index in [9.17, 15) is 10.1 Å². The third-order valence-electron chi connectivity index (χ3n) is 2.72. The van der Waals surface area contributed by atoms with Gasteiger partial charge in [-0.05, 0) is 12.1 Å². The van der Waals surface area contributed by atoms with Crippen LogP contribution in [0.25, 0.3) is 11.0 Å². The number of hydrogen-bond donors (Lipinski definition) is 2. The van der Waals surface area contributed by atoms with E-state index in [0.717, 1.165) is 5.56 Å². The maximum atomic E-state index is 10.7. The van der Waals surface area contributed by atoms with Gasteiger partial charge in [-0.1, -0.05) is 0 Å². The lowest BCUT2D eigenvalue weighted by molar-refractivity contribution is -0.384. The number of benzene rings is 1. The molecule has 0 bridgehead atoms. The maximum absolute atomic E-state index is 10.7. The van der Waals surface area contributed by atoms with E-state index in [1.54, 1.807) is 18.6 Å². The van der Waals surface area contributed by atoms with Crippen LogP contribution in [0, 0.1) is 10.1 Å². The zero-order valence-corrected chi connectivity index (χ0v) is 9.79. The number of nitrogens with zero attached hydrogens (tertiary/aromatic N) is 2. The van der Waals surface area contributed by atoms with Gasteiger partial charge in [-0.2, -0.15) is 0 Å². The lowest BCUT2D eigenvalue weighted by Crippen LogP contribution is -1.99. The molecule has 0 fully saturated rings. The number of rotatable bonds is 4. The Morgan fingerprint density at radius 2 is 2.32 bits per heavy atom. The molecule has 0 aliphatic heterocycles. The number of nitrogens with one attached hydrogen (secondary N) is 2. The Hall–Kier alpha value is -2.83. The van der Waals surface area contributed by atoms with Gasteiger partial charge in [-0.15, -0.1) is 0 Å². The predicted octanol–water partition coefficient (Wildman–Crippen LogP) is 2.68. The van der Waals surface area contributed by atoms with Crippen LogP contribution in [0.4, 0.5) is 11.6 Å². The van der Waals surface area contributed by atoms with Crippen molar-refractivity contribution >= 4 is 22.7 Å². The van der Waals surface area contributed by atoms with Crippen LogP contribution in [0.1, 0.15) is 5.56 Å². The Labute approximate surface area is 107 Å². The average molecular weight is 258 g/mol. The molecular formula is C12H10N4O3. The second kappa shape index (κ2) is 4.45. The molecule has 0 amide bonds. The highest BCUT2D eigenvalue weighted by Crippen LogP contribution is 2.20. The van der Waals surface area contributed by atoms with Crippen molar-refractivity contribution in [1.29, 1.82) is 0 Å². The summed E-state index contributed by atoms with van der Waals surface area (Å²) in [6, 6.07) is 6.36. The molecule has 2 heterocycles. The van der Waals surface area contributed by atoms with Gasteiger partial charge in [-0.25, -0.2) is 4.98 Å². The van der Waals surface area contributed by atoms with Crippen LogP contribution in [-0.4, -0.2) is 14.9 Å². The van der Waals surface area contributed by atoms with Gasteiger partial charge in [0.2, 0.25) is 5.95 Å². The molecule has 1 aromatic carbocycles. The highest BCUT2D eigenvalue weighted by atomic mass is 16.6. The topological polar surface area (TPSA) is 97.0 Å². The molecule has 2 N–H and O–H groups in total. The summed E-state index contributed by atoms with van der Waals surface area (Å²) in [5, 5.41) is 13.8. The lowest BCUT2D eigenvalue weighted by Gasteiger charge is -1.98. The number of aromatic nitrogens is 2. The first-order chi connectivity index (χ1) is 9.22. The summed E-state index contributed by atoms with van der Waals surface area (Å²) in [7, 11) is 0. The molecule has 0 aliphatic rings. The predicted molar refractivity (Wildman–Crippen MR) is 68.8 cm³/mol. The zero-order valence-electron chi connectivity index (χ0n) is 9.79. The smallest absolute Gasteiger partial charge is 0.271 e. The first kappa shape index (κ1) is 11.3. The summed E-state index contributed by atoms with van der Waals surface area (Å²) in [5.41, 5.74) is 2.34. The van der Waals surface area contributed by atoms with Crippen LogP contribution >= 0.6 is 0 Å². The summed E-state index contributed by atoms with van der Waals surface area (Å²) >= 11 is 0. The molecule has 0 saturated heterocycles. The molecule has 0 saturated carbocycles. The van der Waals surface area contributed by atoms with E-state index in [1.165, 1.54) is 12.1 Å². The molecule has 0 spiro atoms. The number of fused-ring (bicyclic) bond motifs is 1. The number of hydrogen-bond acceptors (Lipinski definition) is 5. The first-order valence-corrected chi connectivity index (χ1v) is 5.61. The number of anilines is 1. The van der Waals surface area contributed by atoms with Crippen LogP contribution in [-0.2, 0) is 6.54 Å². The van der Waals surface area contributed by atoms with E-state index in [-0.39, 0.29) is 5.69 Å². The van der Waals surface area contributed by atoms with Gasteiger partial charge in [0.1, 0.15) is 0 Å². The minimum absolute atomic E-state index is 0.0394. The number of furan rings is 1. The SMILES string of the molecule is O=[N+]([O-])c1ccc2nc(NCc3ccoc3)[nH]c2c1. The van der Waals surface area contributed by atoms with Crippen molar-refractivity contribution in [2.45, 2.75) is 6.54 Å². The van der Waals surface area contributed by atoms with Crippen molar-refractivity contribution in [3.63, 3.8) is 0 Å². The Morgan fingerprint density at radius 1 is 1.42 bits per heavy atom. The summed E-state index contributed by atoms with van der Waals surface area (Å²) in [4.78, 5) is 17.5. The minimum Gasteiger partial charge on any atom is -0.472 e. The van der Waals surface area contributed by atoms with E-state index < -0.39 is 4.92 Å². The molecule has 19 heavy (non-hydrogen) atoms. The highest BCUT2D eigenvalue weighted by Gasteiger charge is 2.09. The molecule has 96 valence electrons. The number of non-ortho nitro benzene ring substituents is 1. The molecule has 0 radical (unpaired) electrons. The monoisotopic (exact) mass is 258 g/mol. The van der Waals surface area contributed by atoms with Gasteiger partial charge >= 0.3 is 0 Å². The van der Waals surface area contributed by atoms with E-state index in [0.29, 0.717) is 23.5 Å². The van der Waals surface area contributed by atoms with Crippen molar-refractivity contribution in [3.05, 3.63) is 52.5 Å². The van der Waals surface area contributed by atoms with E-state index in [2.05, 4.69) is 15.3 Å². The van der Waals surface area contributed by atoms with Gasteiger partial charge in [0.05, 0.1) is 28.5 Å². The van der Waals surface area contributed by atoms with Gasteiger partial charge < -0.3 is 14.7 Å². The largest absolute Gasteiger partial charge is 0.472 e. The highest BCUT2D eigenvalue weighted by molar-refractivity contribution is 5.79. The lowest BCUT2D eigenvalue weighted by atomic mass is 10.3. The molecule has 0 atom stereocenters. The number of nitro benzene ring substituents is 1. The first-order valence-electron chi connectivity index (χ1n) is 5.61. The van der Waals surface area contributed by atoms with E-state index in [4.69, 9.17) is 4.42 Å². The van der Waals surface area contributed by atoms with Gasteiger partial charge in [0.25, 0.3) is 5.69 Å². The minimum atomic E-state index is -0.432. The van der Waals surface area contributed by atoms with Crippen LogP contribution in [0.2, 0.25) is 0 Å². The third-order valence-corrected chi connectivity index (χ3v) is 2.72. The fourth-order valence-corrected chi connectivity index (χ4v) is 1.77. The quantitative estimate of drug-likeness (QED) is 0.554. The van der Waals surface area contributed by atoms with Gasteiger partial charge in [-0.3, -0.25) is 10.1 Å². The second-order valence-corrected chi connectivity index (χ2v) is 4.03. The number of H-pyrrole nitrogens is 1. The maximum Gasteiger partial charge on any atom is 0.271 e. The zero-order chi connectivity index (χ0) is 13.2. The number of aromatic amines is 1. The molecular weight excluding hydrogens is 248 g/mol. The fraction of sp³-hybridized carbons (Fsp3) is 0.0833. The normalized spacial score (nSPS) is 10.7. The van der Waals surface area contributed by atoms with Crippen LogP contribution < -0.4 is 5.32 Å². The van der Waals surface area contributed by atoms with Crippen molar-refractivity contribution in [2.24, 2.45) is 0 Å². The molecule has 3 aromatic rings. The molecule has 3 rings (SSSR count). The van der Waals surface area contributed by atoms with Gasteiger partial charge in [0.15, 0.2) is 0 Å². The summed E-state index contributed by atoms with van der Waals surface area (Å²) in [6.07, 6.45) is 3.24. The van der Waals surface area contributed by atoms with Crippen LogP contribution in [0.15, 0.2) is 41.2 Å². The summed E-state index contributed by atoms with van der Waals surface area (Å²) < 4.78 is 4.96. The Morgan fingerprint density at radius 3 is 3.05 bits per heavy atom. The molecule has 2 aromatic heterocycles. The van der Waals surface area contributed by atoms with Crippen LogP contribution in [0.3, 0.4) is 0 Å². The summed E-state index contributed by atoms with van der Waals surface area (Å²) in [6.45, 7) is 0.568. The van der Waals surface area contributed by atoms with Crippen molar-refractivity contribution in [1.82, 2.24) is 9.97 Å². The van der Waals surface area contributed by atoms with E-state index >= 15 is 0 Å². The van der Waals surface area contributed by atoms with Gasteiger partial charge in [0, 0.05) is 24.2 Å². The van der Waals surface area contributed by atoms with Crippen molar-refractivity contribution in [2.75, 3.05) is 5.32 Å². The molecule has 0 aliphatic carbocycles. The fourth-order valence-electron chi connectivity index (χ4n) is 1.77. The van der Waals surface area contributed by atoms with Crippen LogP contribution in [0.5, 0.6) is 0 Å². The second-order valence-electron chi connectivity index (χ2n) is 4.03. The molecule has 7 heteroatoms. The average Bonchev–Trinajstić information content (AvgIpc) is 3.04. The van der Waals surface area contributed by atoms with E-state index in [1.807, 2.05) is 6.07 Å². The standard InChI is InChI=1S/C12H10N4O3/c17-16(18)9-1-2-10-11(5-9)15-12(14-10)13-6-8-3-4-19-7-8/h1-5,7H,6H2,(H2,13,14,15). The Bertz CT molecular complexity index is 718. The molecule has 0 unspecified atom stereocenters. The number of nitro groups is 1. The third kappa shape index (κ3) is 2.25. The number of imidazole rings is 1. The Kier molecular flexibility index (Phi) is 2.64. The molecule has 7 nitrogen and oxygen atoms in total. The van der Waals surface area contributed by atoms with Crippen molar-refractivity contribution < 1.29 is 9.34 Å². The van der Waals surface area contributed by atoms with Crippen molar-refractivity contribution in [3.8, 4) is 0 Å². The Balaban J connectivity index is 1.83.